The largest absolute Gasteiger partial charge is 0.505 e. The number of carbonyl (C=O) groups excluding carboxylic acids is 1. The van der Waals surface area contributed by atoms with Crippen LogP contribution in [-0.4, -0.2) is 16.0 Å². The summed E-state index contributed by atoms with van der Waals surface area (Å²) in [5.74, 6) is -0.744. The van der Waals surface area contributed by atoms with Gasteiger partial charge in [-0.25, -0.2) is 4.98 Å². The molecule has 1 heterocycles. The van der Waals surface area contributed by atoms with Crippen molar-refractivity contribution < 1.29 is 9.90 Å². The first-order valence-electron chi connectivity index (χ1n) is 5.50. The van der Waals surface area contributed by atoms with Crippen LogP contribution in [0.2, 0.25) is 15.1 Å². The molecule has 0 radical (unpaired) electrons. The molecule has 0 aliphatic heterocycles. The molecule has 0 aliphatic rings. The zero-order valence-corrected chi connectivity index (χ0v) is 12.5. The highest BCUT2D eigenvalue weighted by Crippen LogP contribution is 2.38. The number of phenols is 1. The number of halogens is 3. The zero-order valence-electron chi connectivity index (χ0n) is 10.2. The van der Waals surface area contributed by atoms with Gasteiger partial charge in [-0.2, -0.15) is 0 Å². The summed E-state index contributed by atoms with van der Waals surface area (Å²) < 4.78 is 0. The number of hydrogen-bond donors (Lipinski definition) is 2. The summed E-state index contributed by atoms with van der Waals surface area (Å²) in [6, 6.07) is 4.68. The maximum absolute atomic E-state index is 12.1. The molecule has 0 aliphatic carbocycles. The number of nitrogens with zero attached hydrogens (tertiary/aromatic N) is 1. The second-order valence-corrected chi connectivity index (χ2v) is 5.25. The lowest BCUT2D eigenvalue weighted by atomic mass is 10.2. The number of pyridine rings is 1. The van der Waals surface area contributed by atoms with Gasteiger partial charge in [-0.1, -0.05) is 40.9 Å². The summed E-state index contributed by atoms with van der Waals surface area (Å²) in [7, 11) is 0. The number of hydrogen-bond acceptors (Lipinski definition) is 3. The molecular formula is C13H9Cl3N2O2. The van der Waals surface area contributed by atoms with Crippen molar-refractivity contribution in [1.29, 1.82) is 0 Å². The molecule has 2 N–H and O–H groups in total. The smallest absolute Gasteiger partial charge is 0.262 e. The number of phenolic OH excluding ortho intramolecular Hbond substituents is 1. The molecule has 4 nitrogen and oxygen atoms in total. The van der Waals surface area contributed by atoms with Crippen LogP contribution in [0.4, 0.5) is 5.82 Å². The average molecular weight is 332 g/mol. The van der Waals surface area contributed by atoms with Crippen molar-refractivity contribution >= 4 is 46.5 Å². The predicted octanol–water partition coefficient (Wildman–Crippen LogP) is 4.31. The Morgan fingerprint density at radius 2 is 1.95 bits per heavy atom. The van der Waals surface area contributed by atoms with E-state index >= 15 is 0 Å². The van der Waals surface area contributed by atoms with Gasteiger partial charge in [0.15, 0.2) is 0 Å². The molecule has 2 rings (SSSR count). The van der Waals surface area contributed by atoms with Crippen molar-refractivity contribution in [3.05, 3.63) is 50.6 Å². The molecule has 0 atom stereocenters. The van der Waals surface area contributed by atoms with Crippen molar-refractivity contribution in [2.45, 2.75) is 6.92 Å². The van der Waals surface area contributed by atoms with Crippen molar-refractivity contribution in [3.8, 4) is 5.75 Å². The van der Waals surface area contributed by atoms with Crippen LogP contribution in [0.15, 0.2) is 24.4 Å². The summed E-state index contributed by atoms with van der Waals surface area (Å²) in [5, 5.41) is 12.3. The normalized spacial score (nSPS) is 10.4. The molecule has 1 aromatic heterocycles. The van der Waals surface area contributed by atoms with Crippen LogP contribution in [-0.2, 0) is 0 Å². The van der Waals surface area contributed by atoms with Crippen LogP contribution in [0.1, 0.15) is 15.9 Å². The Morgan fingerprint density at radius 3 is 2.55 bits per heavy atom. The number of rotatable bonds is 2. The fourth-order valence-electron chi connectivity index (χ4n) is 1.51. The summed E-state index contributed by atoms with van der Waals surface area (Å²) in [4.78, 5) is 16.2. The van der Waals surface area contributed by atoms with Crippen LogP contribution in [0.25, 0.3) is 0 Å². The van der Waals surface area contributed by atoms with E-state index in [1.54, 1.807) is 18.3 Å². The van der Waals surface area contributed by atoms with Gasteiger partial charge in [0.2, 0.25) is 0 Å². The van der Waals surface area contributed by atoms with Crippen LogP contribution >= 0.6 is 34.8 Å². The summed E-state index contributed by atoms with van der Waals surface area (Å²) in [5.41, 5.74) is 0.765. The third-order valence-corrected chi connectivity index (χ3v) is 3.60. The van der Waals surface area contributed by atoms with E-state index in [9.17, 15) is 9.90 Å². The lowest BCUT2D eigenvalue weighted by Gasteiger charge is -2.10. The molecule has 0 bridgehead atoms. The number of amides is 1. The van der Waals surface area contributed by atoms with E-state index in [1.807, 2.05) is 6.92 Å². The molecule has 1 aromatic carbocycles. The van der Waals surface area contributed by atoms with E-state index in [0.29, 0.717) is 5.82 Å². The van der Waals surface area contributed by atoms with E-state index in [-0.39, 0.29) is 20.6 Å². The number of benzene rings is 1. The topological polar surface area (TPSA) is 62.2 Å². The molecule has 0 saturated heterocycles. The molecule has 7 heteroatoms. The van der Waals surface area contributed by atoms with Gasteiger partial charge in [0.05, 0.1) is 15.1 Å². The summed E-state index contributed by atoms with van der Waals surface area (Å²) in [6.07, 6.45) is 1.60. The molecule has 2 aromatic rings. The van der Waals surface area contributed by atoms with E-state index < -0.39 is 11.7 Å². The Hall–Kier alpha value is -1.49. The van der Waals surface area contributed by atoms with Crippen molar-refractivity contribution in [2.24, 2.45) is 0 Å². The van der Waals surface area contributed by atoms with Gasteiger partial charge in [0.1, 0.15) is 17.1 Å². The van der Waals surface area contributed by atoms with E-state index in [2.05, 4.69) is 10.3 Å². The van der Waals surface area contributed by atoms with Crippen LogP contribution in [0, 0.1) is 6.92 Å². The molecule has 0 unspecified atom stereocenters. The number of nitrogens with one attached hydrogen (secondary N) is 1. The first-order chi connectivity index (χ1) is 9.40. The first kappa shape index (κ1) is 14.9. The number of aryl methyl sites for hydroxylation is 1. The van der Waals surface area contributed by atoms with Gasteiger partial charge in [0.25, 0.3) is 5.91 Å². The van der Waals surface area contributed by atoms with Gasteiger partial charge in [-0.3, -0.25) is 4.79 Å². The van der Waals surface area contributed by atoms with Gasteiger partial charge >= 0.3 is 0 Å². The Morgan fingerprint density at radius 1 is 1.25 bits per heavy atom. The van der Waals surface area contributed by atoms with Gasteiger partial charge < -0.3 is 10.4 Å². The SMILES string of the molecule is Cc1ccc(NC(=O)c2c(O)c(Cl)cc(Cl)c2Cl)nc1. The third kappa shape index (κ3) is 2.98. The quantitative estimate of drug-likeness (QED) is 0.806. The first-order valence-corrected chi connectivity index (χ1v) is 6.64. The lowest BCUT2D eigenvalue weighted by molar-refractivity contribution is 0.102. The number of aromatic hydroxyl groups is 1. The summed E-state index contributed by atoms with van der Waals surface area (Å²) in [6.45, 7) is 1.87. The fraction of sp³-hybridized carbons (Fsp3) is 0.0769. The predicted molar refractivity (Wildman–Crippen MR) is 80.1 cm³/mol. The minimum absolute atomic E-state index is 0.0542. The second kappa shape index (κ2) is 5.87. The van der Waals surface area contributed by atoms with Crippen molar-refractivity contribution in [2.75, 3.05) is 5.32 Å². The molecule has 0 saturated carbocycles. The molecule has 104 valence electrons. The second-order valence-electron chi connectivity index (χ2n) is 4.05. The van der Waals surface area contributed by atoms with Gasteiger partial charge in [0, 0.05) is 6.20 Å². The molecule has 0 fully saturated rings. The molecule has 20 heavy (non-hydrogen) atoms. The average Bonchev–Trinajstić information content (AvgIpc) is 2.39. The third-order valence-electron chi connectivity index (χ3n) is 2.53. The van der Waals surface area contributed by atoms with Crippen molar-refractivity contribution in [1.82, 2.24) is 4.98 Å². The van der Waals surface area contributed by atoms with E-state index in [1.165, 1.54) is 6.07 Å². The molecular weight excluding hydrogens is 323 g/mol. The Labute approximate surface area is 130 Å². The Bertz CT molecular complexity index is 646. The van der Waals surface area contributed by atoms with Gasteiger partial charge in [-0.05, 0) is 24.6 Å². The highest BCUT2D eigenvalue weighted by molar-refractivity contribution is 6.46. The zero-order chi connectivity index (χ0) is 14.9. The minimum Gasteiger partial charge on any atom is -0.505 e. The lowest BCUT2D eigenvalue weighted by Crippen LogP contribution is -2.14. The highest BCUT2D eigenvalue weighted by atomic mass is 35.5. The minimum atomic E-state index is -0.645. The maximum Gasteiger partial charge on any atom is 0.262 e. The van der Waals surface area contributed by atoms with E-state index in [4.69, 9.17) is 34.8 Å². The number of anilines is 1. The standard InChI is InChI=1S/C13H9Cl3N2O2/c1-6-2-3-9(17-5-6)18-13(20)10-11(16)7(14)4-8(15)12(10)19/h2-5,19H,1H3,(H,17,18,20). The van der Waals surface area contributed by atoms with Crippen molar-refractivity contribution in [3.63, 3.8) is 0 Å². The number of aromatic nitrogens is 1. The Balaban J connectivity index is 2.37. The highest BCUT2D eigenvalue weighted by Gasteiger charge is 2.21. The summed E-state index contributed by atoms with van der Waals surface area (Å²) >= 11 is 17.5. The van der Waals surface area contributed by atoms with E-state index in [0.717, 1.165) is 5.56 Å². The maximum atomic E-state index is 12.1. The van der Waals surface area contributed by atoms with Crippen LogP contribution < -0.4 is 5.32 Å². The molecule has 1 amide bonds. The monoisotopic (exact) mass is 330 g/mol. The van der Waals surface area contributed by atoms with Gasteiger partial charge in [-0.15, -0.1) is 0 Å². The van der Waals surface area contributed by atoms with Crippen LogP contribution in [0.5, 0.6) is 5.75 Å². The van der Waals surface area contributed by atoms with Crippen LogP contribution in [0.3, 0.4) is 0 Å². The fourth-order valence-corrected chi connectivity index (χ4v) is 2.21. The Kier molecular flexibility index (Phi) is 4.38. The molecule has 0 spiro atoms. The number of carbonyl (C=O) groups is 1.